The molecule has 0 aliphatic heterocycles. The summed E-state index contributed by atoms with van der Waals surface area (Å²) in [5, 5.41) is 16.8. The van der Waals surface area contributed by atoms with Gasteiger partial charge in [-0.1, -0.05) is 10.3 Å². The molecule has 1 atom stereocenters. The third kappa shape index (κ3) is 2.65. The molecule has 96 valence electrons. The van der Waals surface area contributed by atoms with E-state index in [0.717, 1.165) is 0 Å². The molecule has 0 saturated carbocycles. The zero-order chi connectivity index (χ0) is 13.1. The Morgan fingerprint density at radius 3 is 2.83 bits per heavy atom. The van der Waals surface area contributed by atoms with Gasteiger partial charge in [0.15, 0.2) is 0 Å². The summed E-state index contributed by atoms with van der Waals surface area (Å²) in [4.78, 5) is 0. The van der Waals surface area contributed by atoms with Crippen molar-refractivity contribution < 1.29 is 18.9 Å². The quantitative estimate of drug-likeness (QED) is 0.902. The molecule has 0 amide bonds. The maximum atomic E-state index is 13.1. The molecule has 0 saturated heterocycles. The van der Waals surface area contributed by atoms with Gasteiger partial charge in [0.1, 0.15) is 29.6 Å². The monoisotopic (exact) mass is 252 g/mol. The molecule has 0 aliphatic rings. The number of halogens is 1. The lowest BCUT2D eigenvalue weighted by Gasteiger charge is -2.12. The number of aryl methyl sites for hydroxylation is 1. The van der Waals surface area contributed by atoms with Crippen molar-refractivity contribution in [3.05, 3.63) is 41.0 Å². The Balaban J connectivity index is 2.18. The average molecular weight is 252 g/mol. The third-order valence-electron chi connectivity index (χ3n) is 2.54. The molecular formula is C12H13FN2O3. The predicted octanol–water partition coefficient (Wildman–Crippen LogP) is 2.15. The number of rotatable bonds is 4. The highest BCUT2D eigenvalue weighted by molar-refractivity contribution is 5.35. The Morgan fingerprint density at radius 2 is 2.22 bits per heavy atom. The summed E-state index contributed by atoms with van der Waals surface area (Å²) >= 11 is 0. The highest BCUT2D eigenvalue weighted by Gasteiger charge is 2.12. The van der Waals surface area contributed by atoms with Crippen LogP contribution < -0.4 is 4.74 Å². The fourth-order valence-corrected chi connectivity index (χ4v) is 1.50. The van der Waals surface area contributed by atoms with Crippen molar-refractivity contribution >= 4 is 0 Å². The molecule has 0 aliphatic carbocycles. The minimum absolute atomic E-state index is 0.110. The number of hydrogen-bond acceptors (Lipinski definition) is 5. The average Bonchev–Trinajstić information content (AvgIpc) is 2.72. The molecule has 2 aromatic rings. The first-order valence-electron chi connectivity index (χ1n) is 5.46. The summed E-state index contributed by atoms with van der Waals surface area (Å²) in [6.07, 6.45) is -0.739. The number of aliphatic hydroxyl groups is 1. The van der Waals surface area contributed by atoms with Crippen LogP contribution in [-0.4, -0.2) is 15.4 Å². The molecule has 1 aromatic heterocycles. The summed E-state index contributed by atoms with van der Waals surface area (Å²) < 4.78 is 23.1. The zero-order valence-corrected chi connectivity index (χ0v) is 10.1. The van der Waals surface area contributed by atoms with Crippen LogP contribution in [-0.2, 0) is 6.61 Å². The largest absolute Gasteiger partial charge is 0.487 e. The van der Waals surface area contributed by atoms with Gasteiger partial charge in [0.25, 0.3) is 0 Å². The molecule has 1 heterocycles. The van der Waals surface area contributed by atoms with Crippen molar-refractivity contribution in [1.82, 2.24) is 10.3 Å². The van der Waals surface area contributed by atoms with Gasteiger partial charge >= 0.3 is 0 Å². The molecule has 5 nitrogen and oxygen atoms in total. The molecule has 18 heavy (non-hydrogen) atoms. The van der Waals surface area contributed by atoms with E-state index in [1.807, 2.05) is 0 Å². The van der Waals surface area contributed by atoms with Gasteiger partial charge in [-0.05, 0) is 26.0 Å². The second-order valence-corrected chi connectivity index (χ2v) is 3.94. The maximum absolute atomic E-state index is 13.1. The van der Waals surface area contributed by atoms with E-state index in [0.29, 0.717) is 17.0 Å². The number of aromatic nitrogens is 2. The van der Waals surface area contributed by atoms with Crippen LogP contribution in [0.25, 0.3) is 0 Å². The van der Waals surface area contributed by atoms with E-state index in [1.165, 1.54) is 18.2 Å². The Kier molecular flexibility index (Phi) is 3.57. The molecule has 1 unspecified atom stereocenters. The molecule has 0 bridgehead atoms. The first-order chi connectivity index (χ1) is 8.58. The van der Waals surface area contributed by atoms with Crippen LogP contribution in [0.15, 0.2) is 22.8 Å². The smallest absolute Gasteiger partial charge is 0.145 e. The second kappa shape index (κ2) is 5.14. The number of benzene rings is 1. The first-order valence-corrected chi connectivity index (χ1v) is 5.46. The molecular weight excluding hydrogens is 239 g/mol. The van der Waals surface area contributed by atoms with Crippen LogP contribution in [0.2, 0.25) is 0 Å². The Labute approximate surface area is 103 Å². The van der Waals surface area contributed by atoms with Crippen LogP contribution in [0.3, 0.4) is 0 Å². The fraction of sp³-hybridized carbons (Fsp3) is 0.333. The Bertz CT molecular complexity index is 540. The lowest BCUT2D eigenvalue weighted by atomic mass is 10.1. The minimum atomic E-state index is -0.739. The summed E-state index contributed by atoms with van der Waals surface area (Å²) in [6, 6.07) is 3.99. The summed E-state index contributed by atoms with van der Waals surface area (Å²) in [6.45, 7) is 3.43. The van der Waals surface area contributed by atoms with Gasteiger partial charge in [-0.25, -0.2) is 9.02 Å². The first kappa shape index (κ1) is 12.5. The van der Waals surface area contributed by atoms with E-state index in [9.17, 15) is 9.50 Å². The van der Waals surface area contributed by atoms with Gasteiger partial charge in [-0.2, -0.15) is 0 Å². The number of hydrogen-bond donors (Lipinski definition) is 1. The molecule has 1 N–H and O–H groups in total. The van der Waals surface area contributed by atoms with Crippen molar-refractivity contribution in [2.75, 3.05) is 0 Å². The van der Waals surface area contributed by atoms with Crippen molar-refractivity contribution in [2.45, 2.75) is 26.6 Å². The van der Waals surface area contributed by atoms with E-state index >= 15 is 0 Å². The molecule has 0 fully saturated rings. The second-order valence-electron chi connectivity index (χ2n) is 3.94. The van der Waals surface area contributed by atoms with Crippen LogP contribution in [0.1, 0.15) is 30.0 Å². The van der Waals surface area contributed by atoms with Crippen LogP contribution in [0, 0.1) is 12.7 Å². The van der Waals surface area contributed by atoms with Gasteiger partial charge in [0.05, 0.1) is 6.10 Å². The molecule has 0 radical (unpaired) electrons. The summed E-state index contributed by atoms with van der Waals surface area (Å²) in [5.74, 6) is -0.142. The highest BCUT2D eigenvalue weighted by atomic mass is 19.1. The van der Waals surface area contributed by atoms with E-state index < -0.39 is 11.9 Å². The van der Waals surface area contributed by atoms with E-state index in [-0.39, 0.29) is 12.4 Å². The number of aliphatic hydroxyl groups excluding tert-OH is 1. The van der Waals surface area contributed by atoms with E-state index in [2.05, 4.69) is 14.9 Å². The van der Waals surface area contributed by atoms with Gasteiger partial charge in [-0.3, -0.25) is 0 Å². The molecule has 6 heteroatoms. The third-order valence-corrected chi connectivity index (χ3v) is 2.54. The molecule has 2 rings (SSSR count). The standard InChI is InChI=1S/C12H13FN2O3/c1-7-11(15-18-14-7)6-17-12-5-9(13)3-4-10(12)8(2)16/h3-5,8,16H,6H2,1-2H3. The van der Waals surface area contributed by atoms with Crippen molar-refractivity contribution in [3.8, 4) is 5.75 Å². The van der Waals surface area contributed by atoms with Crippen molar-refractivity contribution in [2.24, 2.45) is 0 Å². The lowest BCUT2D eigenvalue weighted by molar-refractivity contribution is 0.189. The van der Waals surface area contributed by atoms with Gasteiger partial charge in [0, 0.05) is 11.6 Å². The Morgan fingerprint density at radius 1 is 1.44 bits per heavy atom. The van der Waals surface area contributed by atoms with E-state index in [4.69, 9.17) is 4.74 Å². The maximum Gasteiger partial charge on any atom is 0.145 e. The van der Waals surface area contributed by atoms with Gasteiger partial charge in [-0.15, -0.1) is 0 Å². The summed E-state index contributed by atoms with van der Waals surface area (Å²) in [5.41, 5.74) is 1.67. The van der Waals surface area contributed by atoms with Crippen LogP contribution in [0.5, 0.6) is 5.75 Å². The fourth-order valence-electron chi connectivity index (χ4n) is 1.50. The van der Waals surface area contributed by atoms with Crippen molar-refractivity contribution in [1.29, 1.82) is 0 Å². The predicted molar refractivity (Wildman–Crippen MR) is 60.4 cm³/mol. The topological polar surface area (TPSA) is 68.4 Å². The van der Waals surface area contributed by atoms with Crippen LogP contribution in [0.4, 0.5) is 4.39 Å². The van der Waals surface area contributed by atoms with Crippen LogP contribution >= 0.6 is 0 Å². The van der Waals surface area contributed by atoms with Gasteiger partial charge < -0.3 is 9.84 Å². The minimum Gasteiger partial charge on any atom is -0.487 e. The van der Waals surface area contributed by atoms with E-state index in [1.54, 1.807) is 13.8 Å². The lowest BCUT2D eigenvalue weighted by Crippen LogP contribution is -2.02. The number of nitrogens with zero attached hydrogens (tertiary/aromatic N) is 2. The Hall–Kier alpha value is -1.95. The number of ether oxygens (including phenoxy) is 1. The highest BCUT2D eigenvalue weighted by Crippen LogP contribution is 2.26. The molecule has 0 spiro atoms. The zero-order valence-electron chi connectivity index (χ0n) is 10.1. The van der Waals surface area contributed by atoms with Gasteiger partial charge in [0.2, 0.25) is 0 Å². The van der Waals surface area contributed by atoms with Crippen molar-refractivity contribution in [3.63, 3.8) is 0 Å². The normalized spacial score (nSPS) is 12.4. The SMILES string of the molecule is Cc1nonc1COc1cc(F)ccc1C(C)O. The molecule has 1 aromatic carbocycles. The summed E-state index contributed by atoms with van der Waals surface area (Å²) in [7, 11) is 0.